The monoisotopic (exact) mass is 447 g/mol. The molecule has 2 heterocycles. The molecule has 1 aromatic heterocycles. The van der Waals surface area contributed by atoms with Gasteiger partial charge in [-0.3, -0.25) is 9.59 Å². The number of thiophene rings is 1. The summed E-state index contributed by atoms with van der Waals surface area (Å²) in [6.07, 6.45) is 0.863. The number of hydrogen-bond donors (Lipinski definition) is 1. The first-order valence-corrected chi connectivity index (χ1v) is 11.8. The van der Waals surface area contributed by atoms with Gasteiger partial charge >= 0.3 is 0 Å². The van der Waals surface area contributed by atoms with Gasteiger partial charge in [-0.1, -0.05) is 54.6 Å². The third-order valence-electron chi connectivity index (χ3n) is 6.01. The number of carbonyl (C=O) groups is 2. The minimum atomic E-state index is -0.422. The van der Waals surface area contributed by atoms with E-state index in [1.807, 2.05) is 47.8 Å². The molecule has 32 heavy (non-hydrogen) atoms. The van der Waals surface area contributed by atoms with Gasteiger partial charge in [-0.15, -0.1) is 11.3 Å². The molecule has 2 atom stereocenters. The number of carbonyl (C=O) groups excluding carboxylic acids is 2. The highest BCUT2D eigenvalue weighted by Crippen LogP contribution is 2.43. The summed E-state index contributed by atoms with van der Waals surface area (Å²) in [5.74, 6) is -0.485. The number of fused-ring (bicyclic) bond motifs is 1. The lowest BCUT2D eigenvalue weighted by molar-refractivity contribution is -0.124. The molecule has 5 nitrogen and oxygen atoms in total. The molecule has 2 amide bonds. The van der Waals surface area contributed by atoms with Gasteiger partial charge in [0, 0.05) is 30.6 Å². The van der Waals surface area contributed by atoms with Crippen molar-refractivity contribution in [3.63, 3.8) is 0 Å². The molecule has 1 aliphatic rings. The van der Waals surface area contributed by atoms with Crippen LogP contribution in [0.1, 0.15) is 44.7 Å². The van der Waals surface area contributed by atoms with Crippen molar-refractivity contribution < 1.29 is 9.59 Å². The minimum Gasteiger partial charge on any atom is -0.355 e. The van der Waals surface area contributed by atoms with Crippen LogP contribution in [-0.4, -0.2) is 48.8 Å². The largest absolute Gasteiger partial charge is 0.355 e. The zero-order valence-corrected chi connectivity index (χ0v) is 19.3. The number of benzene rings is 2. The quantitative estimate of drug-likeness (QED) is 0.524. The molecule has 0 saturated carbocycles. The van der Waals surface area contributed by atoms with E-state index in [0.29, 0.717) is 12.1 Å². The average Bonchev–Trinajstić information content (AvgIpc) is 3.34. The van der Waals surface area contributed by atoms with Gasteiger partial charge in [0.2, 0.25) is 5.91 Å². The van der Waals surface area contributed by atoms with Gasteiger partial charge in [-0.05, 0) is 48.7 Å². The van der Waals surface area contributed by atoms with Crippen LogP contribution in [0.4, 0.5) is 0 Å². The molecule has 166 valence electrons. The van der Waals surface area contributed by atoms with Crippen LogP contribution in [-0.2, 0) is 11.3 Å². The van der Waals surface area contributed by atoms with Crippen molar-refractivity contribution in [2.24, 2.45) is 0 Å². The van der Waals surface area contributed by atoms with Crippen molar-refractivity contribution >= 4 is 23.2 Å². The highest BCUT2D eigenvalue weighted by Gasteiger charge is 2.42. The van der Waals surface area contributed by atoms with Gasteiger partial charge in [0.25, 0.3) is 5.91 Å². The fourth-order valence-electron chi connectivity index (χ4n) is 4.42. The Balaban J connectivity index is 1.42. The molecule has 1 aliphatic heterocycles. The topological polar surface area (TPSA) is 52.7 Å². The summed E-state index contributed by atoms with van der Waals surface area (Å²) < 4.78 is 0. The lowest BCUT2D eigenvalue weighted by Gasteiger charge is -2.39. The Morgan fingerprint density at radius 2 is 1.81 bits per heavy atom. The van der Waals surface area contributed by atoms with E-state index < -0.39 is 5.92 Å². The summed E-state index contributed by atoms with van der Waals surface area (Å²) in [7, 11) is 3.89. The highest BCUT2D eigenvalue weighted by atomic mass is 32.1. The summed E-state index contributed by atoms with van der Waals surface area (Å²) in [5.41, 5.74) is 2.71. The van der Waals surface area contributed by atoms with E-state index in [0.717, 1.165) is 30.0 Å². The normalized spacial score (nSPS) is 18.0. The van der Waals surface area contributed by atoms with Gasteiger partial charge in [-0.25, -0.2) is 0 Å². The third-order valence-corrected chi connectivity index (χ3v) is 6.95. The van der Waals surface area contributed by atoms with E-state index in [1.54, 1.807) is 23.3 Å². The zero-order chi connectivity index (χ0) is 22.5. The molecule has 0 aliphatic carbocycles. The lowest BCUT2D eigenvalue weighted by Crippen LogP contribution is -2.45. The summed E-state index contributed by atoms with van der Waals surface area (Å²) in [6.45, 7) is 2.38. The molecule has 0 radical (unpaired) electrons. The van der Waals surface area contributed by atoms with Gasteiger partial charge in [-0.2, -0.15) is 0 Å². The molecule has 0 bridgehead atoms. The SMILES string of the molecule is CN(CCCNC(=O)[C@@H]1c2ccccc2C(=O)N(C)[C@@H]1c1cccs1)Cc1ccccc1. The molecular weight excluding hydrogens is 418 g/mol. The van der Waals surface area contributed by atoms with Crippen LogP contribution >= 0.6 is 11.3 Å². The predicted octanol–water partition coefficient (Wildman–Crippen LogP) is 4.30. The average molecular weight is 448 g/mol. The number of rotatable bonds is 8. The van der Waals surface area contributed by atoms with Crippen LogP contribution in [0.25, 0.3) is 0 Å². The van der Waals surface area contributed by atoms with E-state index in [2.05, 4.69) is 41.5 Å². The van der Waals surface area contributed by atoms with Gasteiger partial charge in [0.1, 0.15) is 0 Å². The fourth-order valence-corrected chi connectivity index (χ4v) is 5.32. The van der Waals surface area contributed by atoms with Crippen molar-refractivity contribution in [3.8, 4) is 0 Å². The molecule has 0 saturated heterocycles. The maximum absolute atomic E-state index is 13.4. The first kappa shape index (κ1) is 22.2. The smallest absolute Gasteiger partial charge is 0.254 e. The van der Waals surface area contributed by atoms with E-state index in [-0.39, 0.29) is 17.9 Å². The van der Waals surface area contributed by atoms with Crippen LogP contribution in [0.3, 0.4) is 0 Å². The fraction of sp³-hybridized carbons (Fsp3) is 0.308. The van der Waals surface area contributed by atoms with Crippen LogP contribution < -0.4 is 5.32 Å². The van der Waals surface area contributed by atoms with Crippen molar-refractivity contribution in [2.75, 3.05) is 27.2 Å². The Labute approximate surface area is 193 Å². The van der Waals surface area contributed by atoms with Crippen LogP contribution in [0.2, 0.25) is 0 Å². The maximum atomic E-state index is 13.4. The Kier molecular flexibility index (Phi) is 7.02. The Morgan fingerprint density at radius 1 is 1.06 bits per heavy atom. The number of amides is 2. The number of likely N-dealkylation sites (N-methyl/N-ethyl adjacent to an activating group) is 1. The Morgan fingerprint density at radius 3 is 2.56 bits per heavy atom. The summed E-state index contributed by atoms with van der Waals surface area (Å²) in [4.78, 5) is 31.4. The Hall–Kier alpha value is -2.96. The molecule has 2 aromatic carbocycles. The number of nitrogens with zero attached hydrogens (tertiary/aromatic N) is 2. The summed E-state index contributed by atoms with van der Waals surface area (Å²) >= 11 is 1.58. The van der Waals surface area contributed by atoms with Gasteiger partial charge in [0.15, 0.2) is 0 Å². The molecule has 1 N–H and O–H groups in total. The molecule has 6 heteroatoms. The summed E-state index contributed by atoms with van der Waals surface area (Å²) in [5, 5.41) is 5.13. The van der Waals surface area contributed by atoms with Gasteiger partial charge in [0.05, 0.1) is 12.0 Å². The Bertz CT molecular complexity index is 1050. The lowest BCUT2D eigenvalue weighted by atomic mass is 9.81. The van der Waals surface area contributed by atoms with Crippen molar-refractivity contribution in [2.45, 2.75) is 24.9 Å². The summed E-state index contributed by atoms with van der Waals surface area (Å²) in [6, 6.07) is 21.6. The molecule has 0 unspecified atom stereocenters. The van der Waals surface area contributed by atoms with Crippen LogP contribution in [0, 0.1) is 0 Å². The second-order valence-corrected chi connectivity index (χ2v) is 9.29. The van der Waals surface area contributed by atoms with Crippen LogP contribution in [0.15, 0.2) is 72.1 Å². The molecular formula is C26H29N3O2S. The standard InChI is InChI=1S/C26H29N3O2S/c1-28(18-19-10-4-3-5-11-19)16-9-15-27-25(30)23-20-12-6-7-13-21(20)26(31)29(2)24(23)22-14-8-17-32-22/h3-8,10-14,17,23-24H,9,15-16,18H2,1-2H3,(H,27,30)/t23-,24-/m1/s1. The van der Waals surface area contributed by atoms with E-state index >= 15 is 0 Å². The van der Waals surface area contributed by atoms with Crippen molar-refractivity contribution in [1.29, 1.82) is 0 Å². The van der Waals surface area contributed by atoms with Gasteiger partial charge < -0.3 is 15.1 Å². The second-order valence-electron chi connectivity index (χ2n) is 8.31. The van der Waals surface area contributed by atoms with E-state index in [1.165, 1.54) is 5.56 Å². The highest BCUT2D eigenvalue weighted by molar-refractivity contribution is 7.10. The van der Waals surface area contributed by atoms with Crippen molar-refractivity contribution in [3.05, 3.63) is 93.7 Å². The van der Waals surface area contributed by atoms with E-state index in [4.69, 9.17) is 0 Å². The molecule has 4 rings (SSSR count). The predicted molar refractivity (Wildman–Crippen MR) is 129 cm³/mol. The third kappa shape index (κ3) is 4.76. The van der Waals surface area contributed by atoms with Crippen LogP contribution in [0.5, 0.6) is 0 Å². The van der Waals surface area contributed by atoms with Crippen molar-refractivity contribution in [1.82, 2.24) is 15.1 Å². The minimum absolute atomic E-state index is 0.0269. The van der Waals surface area contributed by atoms with E-state index in [9.17, 15) is 9.59 Å². The molecule has 0 fully saturated rings. The number of hydrogen-bond acceptors (Lipinski definition) is 4. The zero-order valence-electron chi connectivity index (χ0n) is 18.5. The molecule has 0 spiro atoms. The molecule has 3 aromatic rings. The first-order chi connectivity index (χ1) is 15.6. The maximum Gasteiger partial charge on any atom is 0.254 e. The number of nitrogens with one attached hydrogen (secondary N) is 1. The first-order valence-electron chi connectivity index (χ1n) is 11.0. The second kappa shape index (κ2) is 10.1.